The summed E-state index contributed by atoms with van der Waals surface area (Å²) in [6, 6.07) is 0.100. The molecule has 0 amide bonds. The van der Waals surface area contributed by atoms with Gasteiger partial charge in [0, 0.05) is 12.5 Å². The highest BCUT2D eigenvalue weighted by atomic mass is 16.5. The monoisotopic (exact) mass is 267 g/mol. The van der Waals surface area contributed by atoms with E-state index in [1.165, 1.54) is 0 Å². The quantitative estimate of drug-likeness (QED) is 0.812. The van der Waals surface area contributed by atoms with E-state index >= 15 is 0 Å². The van der Waals surface area contributed by atoms with Gasteiger partial charge in [-0.05, 0) is 25.8 Å². The van der Waals surface area contributed by atoms with E-state index in [9.17, 15) is 4.79 Å². The van der Waals surface area contributed by atoms with Crippen LogP contribution in [0.2, 0.25) is 0 Å². The molecule has 0 saturated carbocycles. The van der Waals surface area contributed by atoms with Crippen molar-refractivity contribution >= 4 is 5.97 Å². The van der Waals surface area contributed by atoms with Gasteiger partial charge in [-0.2, -0.15) is 4.98 Å². The lowest BCUT2D eigenvalue weighted by molar-refractivity contribution is -0.138. The number of aliphatic carboxylic acids is 1. The Bertz CT molecular complexity index is 419. The number of rotatable bonds is 7. The molecule has 19 heavy (non-hydrogen) atoms. The van der Waals surface area contributed by atoms with Crippen LogP contribution in [0.4, 0.5) is 0 Å². The molecule has 1 atom stereocenters. The molecule has 2 heterocycles. The number of hydrogen-bond donors (Lipinski definition) is 1. The van der Waals surface area contributed by atoms with Crippen LogP contribution in [0, 0.1) is 0 Å². The summed E-state index contributed by atoms with van der Waals surface area (Å²) in [4.78, 5) is 17.3. The summed E-state index contributed by atoms with van der Waals surface area (Å²) < 4.78 is 5.23. The van der Waals surface area contributed by atoms with Gasteiger partial charge in [0.15, 0.2) is 5.82 Å². The molecule has 0 aliphatic carbocycles. The minimum absolute atomic E-state index is 0.100. The summed E-state index contributed by atoms with van der Waals surface area (Å²) in [6.45, 7) is 3.60. The molecule has 0 bridgehead atoms. The Morgan fingerprint density at radius 2 is 2.42 bits per heavy atom. The number of carboxylic acid groups (broad SMARTS) is 1. The first-order valence-electron chi connectivity index (χ1n) is 6.96. The molecule has 0 radical (unpaired) electrons. The number of carbonyl (C=O) groups is 1. The third-order valence-electron chi connectivity index (χ3n) is 3.51. The normalized spacial score (nSPS) is 19.9. The average Bonchev–Trinajstić information content (AvgIpc) is 2.97. The number of aryl methyl sites for hydroxylation is 1. The fourth-order valence-corrected chi connectivity index (χ4v) is 2.50. The van der Waals surface area contributed by atoms with Crippen molar-refractivity contribution in [1.29, 1.82) is 0 Å². The van der Waals surface area contributed by atoms with Crippen molar-refractivity contribution in [2.24, 2.45) is 0 Å². The zero-order valence-electron chi connectivity index (χ0n) is 11.3. The van der Waals surface area contributed by atoms with Crippen molar-refractivity contribution in [3.05, 3.63) is 11.7 Å². The van der Waals surface area contributed by atoms with E-state index in [4.69, 9.17) is 9.63 Å². The van der Waals surface area contributed by atoms with Crippen LogP contribution in [-0.2, 0) is 17.8 Å². The minimum Gasteiger partial charge on any atom is -0.481 e. The zero-order valence-corrected chi connectivity index (χ0v) is 11.3. The molecule has 1 aliphatic heterocycles. The number of hydrogen-bond acceptors (Lipinski definition) is 5. The Labute approximate surface area is 112 Å². The highest BCUT2D eigenvalue weighted by Gasteiger charge is 2.27. The van der Waals surface area contributed by atoms with Crippen LogP contribution in [0.25, 0.3) is 0 Å². The lowest BCUT2D eigenvalue weighted by Crippen LogP contribution is -2.31. The van der Waals surface area contributed by atoms with Gasteiger partial charge < -0.3 is 9.63 Å². The molecule has 6 nitrogen and oxygen atoms in total. The fourth-order valence-electron chi connectivity index (χ4n) is 2.50. The summed E-state index contributed by atoms with van der Waals surface area (Å²) >= 11 is 0. The minimum atomic E-state index is -0.744. The third-order valence-corrected chi connectivity index (χ3v) is 3.51. The largest absolute Gasteiger partial charge is 0.481 e. The standard InChI is InChI=1S/C13H21N3O3/c1-2-3-6-11-14-12(19-15-11)9-16-7-4-5-10(16)8-13(17)18/h10H,2-9H2,1H3,(H,17,18). The van der Waals surface area contributed by atoms with Gasteiger partial charge in [0.2, 0.25) is 5.89 Å². The van der Waals surface area contributed by atoms with Crippen LogP contribution in [-0.4, -0.2) is 38.7 Å². The maximum Gasteiger partial charge on any atom is 0.304 e. The van der Waals surface area contributed by atoms with E-state index in [2.05, 4.69) is 22.0 Å². The van der Waals surface area contributed by atoms with Gasteiger partial charge >= 0.3 is 5.97 Å². The number of nitrogens with zero attached hydrogens (tertiary/aromatic N) is 3. The Morgan fingerprint density at radius 3 is 3.16 bits per heavy atom. The number of likely N-dealkylation sites (tertiary alicyclic amines) is 1. The zero-order chi connectivity index (χ0) is 13.7. The lowest BCUT2D eigenvalue weighted by atomic mass is 10.1. The van der Waals surface area contributed by atoms with Crippen molar-refractivity contribution in [3.63, 3.8) is 0 Å². The molecule has 1 aromatic heterocycles. The molecule has 0 aromatic carbocycles. The first kappa shape index (κ1) is 14.0. The average molecular weight is 267 g/mol. The molecule has 106 valence electrons. The Balaban J connectivity index is 1.88. The third kappa shape index (κ3) is 4.02. The number of carboxylic acids is 1. The second-order valence-corrected chi connectivity index (χ2v) is 5.07. The van der Waals surface area contributed by atoms with Crippen LogP contribution in [0.3, 0.4) is 0 Å². The summed E-state index contributed by atoms with van der Waals surface area (Å²) in [7, 11) is 0. The van der Waals surface area contributed by atoms with Crippen molar-refractivity contribution in [1.82, 2.24) is 15.0 Å². The van der Waals surface area contributed by atoms with E-state index in [-0.39, 0.29) is 12.5 Å². The SMILES string of the molecule is CCCCc1noc(CN2CCCC2CC(=O)O)n1. The number of aromatic nitrogens is 2. The topological polar surface area (TPSA) is 79.5 Å². The molecule has 1 aliphatic rings. The Morgan fingerprint density at radius 1 is 1.58 bits per heavy atom. The molecule has 1 saturated heterocycles. The molecule has 2 rings (SSSR count). The highest BCUT2D eigenvalue weighted by molar-refractivity contribution is 5.67. The van der Waals surface area contributed by atoms with Crippen LogP contribution in [0.1, 0.15) is 50.7 Å². The van der Waals surface area contributed by atoms with Crippen molar-refractivity contribution in [3.8, 4) is 0 Å². The van der Waals surface area contributed by atoms with E-state index in [0.29, 0.717) is 12.4 Å². The smallest absolute Gasteiger partial charge is 0.304 e. The second-order valence-electron chi connectivity index (χ2n) is 5.07. The van der Waals surface area contributed by atoms with Crippen molar-refractivity contribution in [2.75, 3.05) is 6.54 Å². The van der Waals surface area contributed by atoms with Crippen molar-refractivity contribution < 1.29 is 14.4 Å². The Hall–Kier alpha value is -1.43. The molecule has 1 unspecified atom stereocenters. The number of unbranched alkanes of at least 4 members (excludes halogenated alkanes) is 1. The van der Waals surface area contributed by atoms with E-state index in [1.54, 1.807) is 0 Å². The summed E-state index contributed by atoms with van der Waals surface area (Å²) in [5.41, 5.74) is 0. The molecular formula is C13H21N3O3. The molecule has 1 fully saturated rings. The van der Waals surface area contributed by atoms with Gasteiger partial charge in [-0.25, -0.2) is 0 Å². The van der Waals surface area contributed by atoms with Crippen LogP contribution < -0.4 is 0 Å². The lowest BCUT2D eigenvalue weighted by Gasteiger charge is -2.20. The predicted molar refractivity (Wildman–Crippen MR) is 68.6 cm³/mol. The first-order valence-corrected chi connectivity index (χ1v) is 6.96. The highest BCUT2D eigenvalue weighted by Crippen LogP contribution is 2.22. The second kappa shape index (κ2) is 6.65. The molecule has 6 heteroatoms. The van der Waals surface area contributed by atoms with Gasteiger partial charge in [-0.1, -0.05) is 18.5 Å². The van der Waals surface area contributed by atoms with Crippen molar-refractivity contribution in [2.45, 2.75) is 58.0 Å². The molecule has 1 N–H and O–H groups in total. The van der Waals surface area contributed by atoms with Gasteiger partial charge in [0.1, 0.15) is 0 Å². The Kier molecular flexibility index (Phi) is 4.90. The van der Waals surface area contributed by atoms with Crippen LogP contribution in [0.5, 0.6) is 0 Å². The van der Waals surface area contributed by atoms with Gasteiger partial charge in [-0.3, -0.25) is 9.69 Å². The predicted octanol–water partition coefficient (Wildman–Crippen LogP) is 1.85. The first-order chi connectivity index (χ1) is 9.19. The molecule has 0 spiro atoms. The van der Waals surface area contributed by atoms with E-state index in [1.807, 2.05) is 0 Å². The van der Waals surface area contributed by atoms with Gasteiger partial charge in [0.05, 0.1) is 13.0 Å². The molecule has 1 aromatic rings. The van der Waals surface area contributed by atoms with Gasteiger partial charge in [-0.15, -0.1) is 0 Å². The van der Waals surface area contributed by atoms with Crippen LogP contribution >= 0.6 is 0 Å². The molecular weight excluding hydrogens is 246 g/mol. The van der Waals surface area contributed by atoms with E-state index in [0.717, 1.165) is 44.5 Å². The van der Waals surface area contributed by atoms with Gasteiger partial charge in [0.25, 0.3) is 0 Å². The van der Waals surface area contributed by atoms with E-state index < -0.39 is 5.97 Å². The maximum atomic E-state index is 10.8. The van der Waals surface area contributed by atoms with Crippen LogP contribution in [0.15, 0.2) is 4.52 Å². The summed E-state index contributed by atoms with van der Waals surface area (Å²) in [6.07, 6.45) is 5.17. The summed E-state index contributed by atoms with van der Waals surface area (Å²) in [5, 5.41) is 12.8. The maximum absolute atomic E-state index is 10.8. The fraction of sp³-hybridized carbons (Fsp3) is 0.769. The summed E-state index contributed by atoms with van der Waals surface area (Å²) in [5.74, 6) is 0.611.